The molecule has 0 amide bonds. The molecule has 18 heavy (non-hydrogen) atoms. The van der Waals surface area contributed by atoms with Gasteiger partial charge < -0.3 is 10.4 Å². The molecule has 2 N–H and O–H groups in total. The Hall–Kier alpha value is -1.90. The molecule has 0 fully saturated rings. The normalized spacial score (nSPS) is 11.8. The quantitative estimate of drug-likeness (QED) is 0.890. The lowest BCUT2D eigenvalue weighted by Crippen LogP contribution is -2.12. The van der Waals surface area contributed by atoms with E-state index >= 15 is 0 Å². The molecule has 0 aliphatic heterocycles. The summed E-state index contributed by atoms with van der Waals surface area (Å²) in [4.78, 5) is 0. The minimum absolute atomic E-state index is 0.229. The van der Waals surface area contributed by atoms with E-state index in [1.807, 2.05) is 22.9 Å². The van der Waals surface area contributed by atoms with Gasteiger partial charge in [0.2, 0.25) is 0 Å². The van der Waals surface area contributed by atoms with Crippen LogP contribution >= 0.6 is 11.3 Å². The topological polar surface area (TPSA) is 56.0 Å². The van der Waals surface area contributed by atoms with Crippen molar-refractivity contribution in [1.29, 1.82) is 5.26 Å². The second-order valence-electron chi connectivity index (χ2n) is 3.76. The summed E-state index contributed by atoms with van der Waals surface area (Å²) < 4.78 is 12.9. The highest BCUT2D eigenvalue weighted by molar-refractivity contribution is 7.07. The first-order valence-electron chi connectivity index (χ1n) is 5.34. The maximum atomic E-state index is 12.9. The number of rotatable bonds is 4. The molecule has 0 spiro atoms. The van der Waals surface area contributed by atoms with Crippen molar-refractivity contribution in [3.05, 3.63) is 52.0 Å². The van der Waals surface area contributed by atoms with Gasteiger partial charge in [0.05, 0.1) is 17.4 Å². The maximum absolute atomic E-state index is 12.9. The summed E-state index contributed by atoms with van der Waals surface area (Å²) in [5.74, 6) is -0.449. The largest absolute Gasteiger partial charge is 0.387 e. The van der Waals surface area contributed by atoms with E-state index in [1.165, 1.54) is 29.5 Å². The van der Waals surface area contributed by atoms with E-state index in [1.54, 1.807) is 0 Å². The van der Waals surface area contributed by atoms with Crippen molar-refractivity contribution >= 4 is 17.0 Å². The van der Waals surface area contributed by atoms with Crippen molar-refractivity contribution in [2.75, 3.05) is 11.9 Å². The van der Waals surface area contributed by atoms with Gasteiger partial charge >= 0.3 is 0 Å². The SMILES string of the molecule is N#Cc1cc(F)ccc1NCC(O)c1ccsc1. The predicted molar refractivity (Wildman–Crippen MR) is 68.9 cm³/mol. The molecule has 0 bridgehead atoms. The summed E-state index contributed by atoms with van der Waals surface area (Å²) in [6, 6.07) is 7.69. The van der Waals surface area contributed by atoms with Crippen molar-refractivity contribution in [2.45, 2.75) is 6.10 Å². The lowest BCUT2D eigenvalue weighted by Gasteiger charge is -2.12. The summed E-state index contributed by atoms with van der Waals surface area (Å²) in [7, 11) is 0. The molecule has 3 nitrogen and oxygen atoms in total. The third-order valence-electron chi connectivity index (χ3n) is 2.52. The molecule has 2 rings (SSSR count). The number of hydrogen-bond donors (Lipinski definition) is 2. The molecule has 5 heteroatoms. The lowest BCUT2D eigenvalue weighted by molar-refractivity contribution is 0.192. The molecule has 0 radical (unpaired) electrons. The van der Waals surface area contributed by atoms with Crippen molar-refractivity contribution in [3.63, 3.8) is 0 Å². The first-order chi connectivity index (χ1) is 8.70. The van der Waals surface area contributed by atoms with Gasteiger partial charge in [-0.3, -0.25) is 0 Å². The van der Waals surface area contributed by atoms with Crippen LogP contribution in [-0.2, 0) is 0 Å². The minimum atomic E-state index is -0.646. The highest BCUT2D eigenvalue weighted by atomic mass is 32.1. The van der Waals surface area contributed by atoms with Crippen LogP contribution in [0.5, 0.6) is 0 Å². The van der Waals surface area contributed by atoms with Crippen LogP contribution in [0.2, 0.25) is 0 Å². The molecule has 0 aliphatic carbocycles. The molecule has 0 aliphatic rings. The number of thiophene rings is 1. The van der Waals surface area contributed by atoms with Crippen LogP contribution in [0.25, 0.3) is 0 Å². The van der Waals surface area contributed by atoms with Gasteiger partial charge in [-0.25, -0.2) is 4.39 Å². The number of nitriles is 1. The van der Waals surface area contributed by atoms with Gasteiger partial charge in [-0.05, 0) is 40.6 Å². The fourth-order valence-corrected chi connectivity index (χ4v) is 2.26. The van der Waals surface area contributed by atoms with Gasteiger partial charge in [0, 0.05) is 6.54 Å². The molecule has 1 unspecified atom stereocenters. The highest BCUT2D eigenvalue weighted by Crippen LogP contribution is 2.20. The second kappa shape index (κ2) is 5.63. The summed E-state index contributed by atoms with van der Waals surface area (Å²) in [6.45, 7) is 0.275. The predicted octanol–water partition coefficient (Wildman–Crippen LogP) is 2.90. The maximum Gasteiger partial charge on any atom is 0.124 e. The van der Waals surface area contributed by atoms with Crippen molar-refractivity contribution < 1.29 is 9.50 Å². The number of anilines is 1. The van der Waals surface area contributed by atoms with Crippen molar-refractivity contribution in [1.82, 2.24) is 0 Å². The fraction of sp³-hybridized carbons (Fsp3) is 0.154. The number of benzene rings is 1. The van der Waals surface area contributed by atoms with Gasteiger partial charge in [-0.2, -0.15) is 16.6 Å². The van der Waals surface area contributed by atoms with Crippen LogP contribution in [0.1, 0.15) is 17.2 Å². The zero-order valence-corrected chi connectivity index (χ0v) is 10.2. The van der Waals surface area contributed by atoms with E-state index < -0.39 is 11.9 Å². The Morgan fingerprint density at radius 3 is 2.94 bits per heavy atom. The first kappa shape index (κ1) is 12.6. The van der Waals surface area contributed by atoms with Crippen molar-refractivity contribution in [3.8, 4) is 6.07 Å². The second-order valence-corrected chi connectivity index (χ2v) is 4.54. The summed E-state index contributed by atoms with van der Waals surface area (Å²) in [6.07, 6.45) is -0.646. The van der Waals surface area contributed by atoms with Crippen LogP contribution in [0.3, 0.4) is 0 Å². The van der Waals surface area contributed by atoms with Crippen LogP contribution in [0, 0.1) is 17.1 Å². The Labute approximate surface area is 108 Å². The average molecular weight is 262 g/mol. The van der Waals surface area contributed by atoms with E-state index in [4.69, 9.17) is 5.26 Å². The van der Waals surface area contributed by atoms with Crippen LogP contribution < -0.4 is 5.32 Å². The number of halogens is 1. The van der Waals surface area contributed by atoms with E-state index in [9.17, 15) is 9.50 Å². The molecule has 2 aromatic rings. The van der Waals surface area contributed by atoms with Gasteiger partial charge in [0.1, 0.15) is 11.9 Å². The highest BCUT2D eigenvalue weighted by Gasteiger charge is 2.09. The van der Waals surface area contributed by atoms with E-state index in [0.717, 1.165) is 5.56 Å². The Bertz CT molecular complexity index is 563. The van der Waals surface area contributed by atoms with Crippen LogP contribution in [0.15, 0.2) is 35.0 Å². The molecular formula is C13H11FN2OS. The Balaban J connectivity index is 2.05. The number of hydrogen-bond acceptors (Lipinski definition) is 4. The monoisotopic (exact) mass is 262 g/mol. The summed E-state index contributed by atoms with van der Waals surface area (Å²) >= 11 is 1.51. The zero-order chi connectivity index (χ0) is 13.0. The van der Waals surface area contributed by atoms with Crippen LogP contribution in [-0.4, -0.2) is 11.7 Å². The molecule has 1 aromatic carbocycles. The Morgan fingerprint density at radius 1 is 1.44 bits per heavy atom. The van der Waals surface area contributed by atoms with E-state index in [-0.39, 0.29) is 12.1 Å². The lowest BCUT2D eigenvalue weighted by atomic mass is 10.1. The molecule has 0 saturated heterocycles. The third-order valence-corrected chi connectivity index (χ3v) is 3.22. The van der Waals surface area contributed by atoms with Gasteiger partial charge in [0.15, 0.2) is 0 Å². The molecule has 0 saturated carbocycles. The van der Waals surface area contributed by atoms with E-state index in [2.05, 4.69) is 5.32 Å². The molecule has 1 atom stereocenters. The van der Waals surface area contributed by atoms with Crippen molar-refractivity contribution in [2.24, 2.45) is 0 Å². The number of nitrogens with one attached hydrogen (secondary N) is 1. The Kier molecular flexibility index (Phi) is 3.92. The molecule has 1 aromatic heterocycles. The van der Waals surface area contributed by atoms with E-state index in [0.29, 0.717) is 5.69 Å². The summed E-state index contributed by atoms with van der Waals surface area (Å²) in [5, 5.41) is 25.4. The van der Waals surface area contributed by atoms with Gasteiger partial charge in [-0.1, -0.05) is 0 Å². The number of aliphatic hydroxyl groups excluding tert-OH is 1. The van der Waals surface area contributed by atoms with Crippen LogP contribution in [0.4, 0.5) is 10.1 Å². The average Bonchev–Trinajstić information content (AvgIpc) is 2.90. The Morgan fingerprint density at radius 2 is 2.28 bits per heavy atom. The minimum Gasteiger partial charge on any atom is -0.387 e. The standard InChI is InChI=1S/C13H11FN2OS/c14-11-1-2-12(10(5-11)6-15)16-7-13(17)9-3-4-18-8-9/h1-5,8,13,16-17H,7H2. The smallest absolute Gasteiger partial charge is 0.124 e. The summed E-state index contributed by atoms with van der Waals surface area (Å²) in [5.41, 5.74) is 1.58. The third kappa shape index (κ3) is 2.86. The zero-order valence-electron chi connectivity index (χ0n) is 9.43. The number of nitrogens with zero attached hydrogens (tertiary/aromatic N) is 1. The molecule has 92 valence electrons. The van der Waals surface area contributed by atoms with Gasteiger partial charge in [0.25, 0.3) is 0 Å². The molecular weight excluding hydrogens is 251 g/mol. The first-order valence-corrected chi connectivity index (χ1v) is 6.28. The fourth-order valence-electron chi connectivity index (χ4n) is 1.55. The molecule has 1 heterocycles. The van der Waals surface area contributed by atoms with Gasteiger partial charge in [-0.15, -0.1) is 0 Å². The number of aliphatic hydroxyl groups is 1.